The SMILES string of the molecule is NCCCSc1nc2ccc([N+](=O)[O-])cc2[nH]1. The molecular formula is C10H12N4O2S. The maximum atomic E-state index is 10.6. The molecular weight excluding hydrogens is 240 g/mol. The lowest BCUT2D eigenvalue weighted by Gasteiger charge is -1.93. The van der Waals surface area contributed by atoms with E-state index in [-0.39, 0.29) is 5.69 Å². The van der Waals surface area contributed by atoms with Crippen molar-refractivity contribution in [3.63, 3.8) is 0 Å². The average Bonchev–Trinajstić information content (AvgIpc) is 2.70. The minimum absolute atomic E-state index is 0.0691. The maximum Gasteiger partial charge on any atom is 0.271 e. The third-order valence-corrected chi connectivity index (χ3v) is 3.20. The van der Waals surface area contributed by atoms with Crippen molar-refractivity contribution in [2.75, 3.05) is 12.3 Å². The van der Waals surface area contributed by atoms with Crippen molar-refractivity contribution in [3.8, 4) is 0 Å². The number of nitrogens with zero attached hydrogens (tertiary/aromatic N) is 2. The highest BCUT2D eigenvalue weighted by Gasteiger charge is 2.09. The minimum atomic E-state index is -0.415. The van der Waals surface area contributed by atoms with Crippen LogP contribution in [0.2, 0.25) is 0 Å². The predicted octanol–water partition coefficient (Wildman–Crippen LogP) is 1.91. The molecule has 0 fully saturated rings. The number of hydrogen-bond acceptors (Lipinski definition) is 5. The molecule has 90 valence electrons. The van der Waals surface area contributed by atoms with E-state index >= 15 is 0 Å². The molecule has 3 N–H and O–H groups in total. The number of H-pyrrole nitrogens is 1. The van der Waals surface area contributed by atoms with Gasteiger partial charge in [-0.25, -0.2) is 4.98 Å². The number of hydrogen-bond donors (Lipinski definition) is 2. The number of rotatable bonds is 5. The van der Waals surface area contributed by atoms with E-state index in [1.165, 1.54) is 12.1 Å². The maximum absolute atomic E-state index is 10.6. The zero-order valence-electron chi connectivity index (χ0n) is 9.05. The van der Waals surface area contributed by atoms with Crippen LogP contribution >= 0.6 is 11.8 Å². The molecule has 6 nitrogen and oxygen atoms in total. The topological polar surface area (TPSA) is 97.8 Å². The van der Waals surface area contributed by atoms with Gasteiger partial charge in [-0.15, -0.1) is 0 Å². The van der Waals surface area contributed by atoms with Crippen molar-refractivity contribution in [1.29, 1.82) is 0 Å². The van der Waals surface area contributed by atoms with Gasteiger partial charge in [-0.05, 0) is 19.0 Å². The number of nitro benzene ring substituents is 1. The van der Waals surface area contributed by atoms with Gasteiger partial charge in [-0.2, -0.15) is 0 Å². The fourth-order valence-electron chi connectivity index (χ4n) is 1.41. The Kier molecular flexibility index (Phi) is 3.60. The highest BCUT2D eigenvalue weighted by Crippen LogP contribution is 2.23. The van der Waals surface area contributed by atoms with Crippen LogP contribution < -0.4 is 5.73 Å². The number of nitrogens with one attached hydrogen (secondary N) is 1. The number of imidazole rings is 1. The van der Waals surface area contributed by atoms with Crippen LogP contribution in [0.25, 0.3) is 11.0 Å². The first-order valence-corrected chi connectivity index (χ1v) is 6.16. The van der Waals surface area contributed by atoms with E-state index in [0.717, 1.165) is 22.8 Å². The first kappa shape index (κ1) is 11.9. The summed E-state index contributed by atoms with van der Waals surface area (Å²) in [5, 5.41) is 11.4. The molecule has 1 aromatic carbocycles. The molecule has 1 aromatic heterocycles. The number of non-ortho nitro benzene ring substituents is 1. The molecule has 0 aliphatic carbocycles. The van der Waals surface area contributed by atoms with Crippen molar-refractivity contribution in [2.45, 2.75) is 11.6 Å². The molecule has 2 aromatic rings. The summed E-state index contributed by atoms with van der Waals surface area (Å²) in [4.78, 5) is 17.6. The number of nitrogens with two attached hydrogens (primary N) is 1. The van der Waals surface area contributed by atoms with Crippen LogP contribution in [0.1, 0.15) is 6.42 Å². The fraction of sp³-hybridized carbons (Fsp3) is 0.300. The van der Waals surface area contributed by atoms with Crippen molar-refractivity contribution < 1.29 is 4.92 Å². The van der Waals surface area contributed by atoms with E-state index in [1.54, 1.807) is 17.8 Å². The molecule has 0 bridgehead atoms. The van der Waals surface area contributed by atoms with Gasteiger partial charge in [0.15, 0.2) is 5.16 Å². The van der Waals surface area contributed by atoms with Crippen LogP contribution in [-0.4, -0.2) is 27.2 Å². The molecule has 0 saturated carbocycles. The van der Waals surface area contributed by atoms with Crippen molar-refractivity contribution in [3.05, 3.63) is 28.3 Å². The Balaban J connectivity index is 2.21. The Morgan fingerprint density at radius 3 is 3.06 bits per heavy atom. The lowest BCUT2D eigenvalue weighted by molar-refractivity contribution is -0.384. The summed E-state index contributed by atoms with van der Waals surface area (Å²) in [6.45, 7) is 0.651. The summed E-state index contributed by atoms with van der Waals surface area (Å²) in [5.41, 5.74) is 6.90. The van der Waals surface area contributed by atoms with E-state index in [4.69, 9.17) is 5.73 Å². The van der Waals surface area contributed by atoms with Crippen molar-refractivity contribution in [1.82, 2.24) is 9.97 Å². The quantitative estimate of drug-likeness (QED) is 0.366. The Morgan fingerprint density at radius 1 is 1.53 bits per heavy atom. The molecule has 0 radical (unpaired) electrons. The van der Waals surface area contributed by atoms with Crippen molar-refractivity contribution in [2.24, 2.45) is 5.73 Å². The van der Waals surface area contributed by atoms with Crippen LogP contribution in [-0.2, 0) is 0 Å². The van der Waals surface area contributed by atoms with Crippen LogP contribution in [0.3, 0.4) is 0 Å². The number of aromatic amines is 1. The molecule has 0 atom stereocenters. The van der Waals surface area contributed by atoms with E-state index < -0.39 is 4.92 Å². The van der Waals surface area contributed by atoms with E-state index in [1.807, 2.05) is 0 Å². The molecule has 0 aliphatic rings. The smallest absolute Gasteiger partial charge is 0.271 e. The van der Waals surface area contributed by atoms with Crippen LogP contribution in [0, 0.1) is 10.1 Å². The first-order valence-electron chi connectivity index (χ1n) is 5.18. The molecule has 0 saturated heterocycles. The second-order valence-electron chi connectivity index (χ2n) is 3.49. The van der Waals surface area contributed by atoms with Gasteiger partial charge in [-0.1, -0.05) is 11.8 Å². The molecule has 2 rings (SSSR count). The van der Waals surface area contributed by atoms with Gasteiger partial charge in [0.05, 0.1) is 16.0 Å². The lowest BCUT2D eigenvalue weighted by Crippen LogP contribution is -1.99. The Hall–Kier alpha value is -1.60. The number of aromatic nitrogens is 2. The van der Waals surface area contributed by atoms with Gasteiger partial charge < -0.3 is 10.7 Å². The molecule has 0 spiro atoms. The summed E-state index contributed by atoms with van der Waals surface area (Å²) >= 11 is 1.57. The standard InChI is InChI=1S/C10H12N4O2S/c11-4-1-5-17-10-12-8-3-2-7(14(15)16)6-9(8)13-10/h2-3,6H,1,4-5,11H2,(H,12,13). The van der Waals surface area contributed by atoms with E-state index in [9.17, 15) is 10.1 Å². The number of thioether (sulfide) groups is 1. The Labute approximate surface area is 102 Å². The monoisotopic (exact) mass is 252 g/mol. The lowest BCUT2D eigenvalue weighted by atomic mass is 10.3. The number of benzene rings is 1. The summed E-state index contributed by atoms with van der Waals surface area (Å²) < 4.78 is 0. The zero-order valence-corrected chi connectivity index (χ0v) is 9.87. The average molecular weight is 252 g/mol. The summed E-state index contributed by atoms with van der Waals surface area (Å²) in [5.74, 6) is 0.887. The Morgan fingerprint density at radius 2 is 2.35 bits per heavy atom. The van der Waals surface area contributed by atoms with Gasteiger partial charge in [0, 0.05) is 17.9 Å². The minimum Gasteiger partial charge on any atom is -0.333 e. The van der Waals surface area contributed by atoms with Crippen LogP contribution in [0.15, 0.2) is 23.4 Å². The molecule has 0 amide bonds. The fourth-order valence-corrected chi connectivity index (χ4v) is 2.26. The summed E-state index contributed by atoms with van der Waals surface area (Å²) in [6, 6.07) is 4.60. The van der Waals surface area contributed by atoms with Crippen LogP contribution in [0.4, 0.5) is 5.69 Å². The molecule has 7 heteroatoms. The van der Waals surface area contributed by atoms with Gasteiger partial charge in [0.1, 0.15) is 0 Å². The zero-order chi connectivity index (χ0) is 12.3. The number of nitro groups is 1. The van der Waals surface area contributed by atoms with Gasteiger partial charge in [-0.3, -0.25) is 10.1 Å². The second kappa shape index (κ2) is 5.15. The second-order valence-corrected chi connectivity index (χ2v) is 4.57. The third kappa shape index (κ3) is 2.75. The number of fused-ring (bicyclic) bond motifs is 1. The predicted molar refractivity (Wildman–Crippen MR) is 67.1 cm³/mol. The molecule has 1 heterocycles. The first-order chi connectivity index (χ1) is 8.20. The largest absolute Gasteiger partial charge is 0.333 e. The third-order valence-electron chi connectivity index (χ3n) is 2.24. The summed E-state index contributed by atoms with van der Waals surface area (Å²) in [7, 11) is 0. The molecule has 0 aliphatic heterocycles. The molecule has 0 unspecified atom stereocenters. The highest BCUT2D eigenvalue weighted by atomic mass is 32.2. The van der Waals surface area contributed by atoms with Gasteiger partial charge in [0.2, 0.25) is 0 Å². The summed E-state index contributed by atoms with van der Waals surface area (Å²) in [6.07, 6.45) is 0.919. The van der Waals surface area contributed by atoms with Gasteiger partial charge in [0.25, 0.3) is 5.69 Å². The normalized spacial score (nSPS) is 10.9. The Bertz CT molecular complexity index is 540. The van der Waals surface area contributed by atoms with E-state index in [0.29, 0.717) is 12.1 Å². The highest BCUT2D eigenvalue weighted by molar-refractivity contribution is 7.99. The van der Waals surface area contributed by atoms with Crippen molar-refractivity contribution >= 4 is 28.5 Å². The van der Waals surface area contributed by atoms with E-state index in [2.05, 4.69) is 9.97 Å². The molecule has 17 heavy (non-hydrogen) atoms. The van der Waals surface area contributed by atoms with Crippen LogP contribution in [0.5, 0.6) is 0 Å². The van der Waals surface area contributed by atoms with Gasteiger partial charge >= 0.3 is 0 Å².